The van der Waals surface area contributed by atoms with Crippen molar-refractivity contribution in [3.05, 3.63) is 58.0 Å². The zero-order chi connectivity index (χ0) is 16.2. The van der Waals surface area contributed by atoms with E-state index in [2.05, 4.69) is 39.3 Å². The van der Waals surface area contributed by atoms with E-state index in [4.69, 9.17) is 5.11 Å². The lowest BCUT2D eigenvalue weighted by molar-refractivity contribution is 0.0697. The molecule has 0 atom stereocenters. The summed E-state index contributed by atoms with van der Waals surface area (Å²) >= 11 is 1.72. The highest BCUT2D eigenvalue weighted by Gasteiger charge is 2.08. The molecule has 3 aromatic heterocycles. The van der Waals surface area contributed by atoms with Gasteiger partial charge in [0.15, 0.2) is 0 Å². The first-order chi connectivity index (χ1) is 11.1. The zero-order valence-electron chi connectivity index (χ0n) is 12.4. The van der Waals surface area contributed by atoms with Gasteiger partial charge in [-0.15, -0.1) is 11.3 Å². The van der Waals surface area contributed by atoms with Gasteiger partial charge in [0.05, 0.1) is 23.5 Å². The van der Waals surface area contributed by atoms with Crippen LogP contribution in [0.4, 0.5) is 5.95 Å². The second kappa shape index (κ2) is 6.53. The smallest absolute Gasteiger partial charge is 0.335 e. The number of rotatable bonds is 5. The molecule has 23 heavy (non-hydrogen) atoms. The van der Waals surface area contributed by atoms with Gasteiger partial charge in [-0.25, -0.2) is 14.8 Å². The van der Waals surface area contributed by atoms with Gasteiger partial charge in [-0.1, -0.05) is 0 Å². The zero-order valence-corrected chi connectivity index (χ0v) is 13.2. The number of anilines is 1. The molecule has 0 saturated carbocycles. The fraction of sp³-hybridized carbons (Fsp3) is 0.125. The number of hydrogen-bond acceptors (Lipinski definition) is 6. The fourth-order valence-corrected chi connectivity index (χ4v) is 2.87. The van der Waals surface area contributed by atoms with E-state index in [9.17, 15) is 4.79 Å². The largest absolute Gasteiger partial charge is 0.478 e. The van der Waals surface area contributed by atoms with Gasteiger partial charge in [-0.2, -0.15) is 0 Å². The molecule has 0 aromatic carbocycles. The predicted octanol–water partition coefficient (Wildman–Crippen LogP) is 3.22. The summed E-state index contributed by atoms with van der Waals surface area (Å²) < 4.78 is 0. The van der Waals surface area contributed by atoms with E-state index in [1.807, 2.05) is 0 Å². The molecule has 0 amide bonds. The Balaban J connectivity index is 1.79. The van der Waals surface area contributed by atoms with Crippen molar-refractivity contribution in [1.82, 2.24) is 15.0 Å². The van der Waals surface area contributed by atoms with Crippen molar-refractivity contribution in [3.63, 3.8) is 0 Å². The van der Waals surface area contributed by atoms with Crippen LogP contribution in [0.25, 0.3) is 11.4 Å². The minimum Gasteiger partial charge on any atom is -0.478 e. The number of hydrogen-bond donors (Lipinski definition) is 2. The molecule has 116 valence electrons. The first kappa shape index (κ1) is 15.1. The maximum atomic E-state index is 11.0. The minimum atomic E-state index is -0.992. The molecule has 2 N–H and O–H groups in total. The molecule has 3 rings (SSSR count). The standard InChI is InChI=1S/C16H14N4O2S/c1-10-2-3-12(23-10)9-19-16-18-7-5-13(20-16)14-8-11(15(21)22)4-6-17-14/h2-8H,9H2,1H3,(H,21,22)(H,18,19,20). The second-order valence-electron chi connectivity index (χ2n) is 4.87. The second-order valence-corrected chi connectivity index (χ2v) is 6.24. The van der Waals surface area contributed by atoms with Crippen molar-refractivity contribution in [2.75, 3.05) is 5.32 Å². The van der Waals surface area contributed by atoms with E-state index in [-0.39, 0.29) is 5.56 Å². The van der Waals surface area contributed by atoms with Gasteiger partial charge in [0.25, 0.3) is 0 Å². The molecule has 0 radical (unpaired) electrons. The number of carboxylic acids is 1. The van der Waals surface area contributed by atoms with Crippen molar-refractivity contribution < 1.29 is 9.90 Å². The molecule has 7 heteroatoms. The topological polar surface area (TPSA) is 88.0 Å². The van der Waals surface area contributed by atoms with Crippen LogP contribution in [0.15, 0.2) is 42.7 Å². The van der Waals surface area contributed by atoms with Gasteiger partial charge in [-0.05, 0) is 37.3 Å². The number of aromatic carboxylic acids is 1. The van der Waals surface area contributed by atoms with E-state index in [1.165, 1.54) is 28.1 Å². The van der Waals surface area contributed by atoms with Gasteiger partial charge < -0.3 is 10.4 Å². The van der Waals surface area contributed by atoms with E-state index < -0.39 is 5.97 Å². The summed E-state index contributed by atoms with van der Waals surface area (Å²) in [5.74, 6) is -0.509. The molecule has 0 spiro atoms. The van der Waals surface area contributed by atoms with Crippen LogP contribution in [-0.2, 0) is 6.54 Å². The van der Waals surface area contributed by atoms with Crippen molar-refractivity contribution in [3.8, 4) is 11.4 Å². The monoisotopic (exact) mass is 326 g/mol. The predicted molar refractivity (Wildman–Crippen MR) is 88.6 cm³/mol. The Morgan fingerprint density at radius 1 is 1.17 bits per heavy atom. The Morgan fingerprint density at radius 2 is 2.00 bits per heavy atom. The summed E-state index contributed by atoms with van der Waals surface area (Å²) in [7, 11) is 0. The molecule has 0 unspecified atom stereocenters. The SMILES string of the molecule is Cc1ccc(CNc2nccc(-c3cc(C(=O)O)ccn3)n2)s1. The average Bonchev–Trinajstić information content (AvgIpc) is 2.99. The number of nitrogens with one attached hydrogen (secondary N) is 1. The van der Waals surface area contributed by atoms with Crippen LogP contribution in [0, 0.1) is 6.92 Å². The van der Waals surface area contributed by atoms with Crippen LogP contribution in [0.5, 0.6) is 0 Å². The molecule has 0 aliphatic heterocycles. The third kappa shape index (κ3) is 3.70. The van der Waals surface area contributed by atoms with E-state index in [0.29, 0.717) is 23.9 Å². The first-order valence-electron chi connectivity index (χ1n) is 6.94. The molecular weight excluding hydrogens is 312 g/mol. The average molecular weight is 326 g/mol. The summed E-state index contributed by atoms with van der Waals surface area (Å²) in [4.78, 5) is 26.2. The molecule has 0 aliphatic carbocycles. The maximum Gasteiger partial charge on any atom is 0.335 e. The molecule has 0 aliphatic rings. The van der Waals surface area contributed by atoms with Crippen LogP contribution in [0.2, 0.25) is 0 Å². The Hall–Kier alpha value is -2.80. The van der Waals surface area contributed by atoms with E-state index in [0.717, 1.165) is 0 Å². The lowest BCUT2D eigenvalue weighted by Crippen LogP contribution is -2.03. The summed E-state index contributed by atoms with van der Waals surface area (Å²) in [6.45, 7) is 2.71. The summed E-state index contributed by atoms with van der Waals surface area (Å²) in [5.41, 5.74) is 1.26. The molecule has 6 nitrogen and oxygen atoms in total. The van der Waals surface area contributed by atoms with Crippen molar-refractivity contribution in [2.24, 2.45) is 0 Å². The molecule has 0 saturated heterocycles. The quantitative estimate of drug-likeness (QED) is 0.748. The highest BCUT2D eigenvalue weighted by Crippen LogP contribution is 2.18. The lowest BCUT2D eigenvalue weighted by atomic mass is 10.2. The summed E-state index contributed by atoms with van der Waals surface area (Å²) in [5, 5.41) is 12.2. The lowest BCUT2D eigenvalue weighted by Gasteiger charge is -2.05. The van der Waals surface area contributed by atoms with Gasteiger partial charge in [0.1, 0.15) is 0 Å². The number of nitrogens with zero attached hydrogens (tertiary/aromatic N) is 3. The molecule has 0 bridgehead atoms. The Labute approximate surface area is 136 Å². The Morgan fingerprint density at radius 3 is 2.74 bits per heavy atom. The van der Waals surface area contributed by atoms with Gasteiger partial charge >= 0.3 is 5.97 Å². The minimum absolute atomic E-state index is 0.178. The highest BCUT2D eigenvalue weighted by atomic mass is 32.1. The highest BCUT2D eigenvalue weighted by molar-refractivity contribution is 7.11. The Bertz CT molecular complexity index is 847. The molecular formula is C16H14N4O2S. The maximum absolute atomic E-state index is 11.0. The summed E-state index contributed by atoms with van der Waals surface area (Å²) in [6.07, 6.45) is 3.09. The normalized spacial score (nSPS) is 10.5. The van der Waals surface area contributed by atoms with E-state index >= 15 is 0 Å². The van der Waals surface area contributed by atoms with Crippen LogP contribution in [0.3, 0.4) is 0 Å². The molecule has 0 fully saturated rings. The number of carbonyl (C=O) groups is 1. The van der Waals surface area contributed by atoms with Crippen molar-refractivity contribution in [2.45, 2.75) is 13.5 Å². The molecule has 3 aromatic rings. The number of thiophene rings is 1. The van der Waals surface area contributed by atoms with Gasteiger partial charge in [-0.3, -0.25) is 4.98 Å². The summed E-state index contributed by atoms with van der Waals surface area (Å²) in [6, 6.07) is 8.78. The Kier molecular flexibility index (Phi) is 4.29. The number of aromatic nitrogens is 3. The fourth-order valence-electron chi connectivity index (χ4n) is 2.04. The first-order valence-corrected chi connectivity index (χ1v) is 7.75. The van der Waals surface area contributed by atoms with Gasteiger partial charge in [0.2, 0.25) is 5.95 Å². The third-order valence-corrected chi connectivity index (χ3v) is 4.14. The van der Waals surface area contributed by atoms with Crippen molar-refractivity contribution >= 4 is 23.3 Å². The van der Waals surface area contributed by atoms with Crippen LogP contribution >= 0.6 is 11.3 Å². The van der Waals surface area contributed by atoms with Crippen LogP contribution in [0.1, 0.15) is 20.1 Å². The molecule has 3 heterocycles. The number of aryl methyl sites for hydroxylation is 1. The van der Waals surface area contributed by atoms with Crippen molar-refractivity contribution in [1.29, 1.82) is 0 Å². The van der Waals surface area contributed by atoms with E-state index in [1.54, 1.807) is 23.6 Å². The van der Waals surface area contributed by atoms with Gasteiger partial charge in [0, 0.05) is 22.1 Å². The number of pyridine rings is 1. The number of carboxylic acid groups (broad SMARTS) is 1. The third-order valence-electron chi connectivity index (χ3n) is 3.14. The van der Waals surface area contributed by atoms with Crippen LogP contribution in [-0.4, -0.2) is 26.0 Å². The van der Waals surface area contributed by atoms with Crippen LogP contribution < -0.4 is 5.32 Å².